The second-order valence-electron chi connectivity index (χ2n) is 17.3. The van der Waals surface area contributed by atoms with Crippen molar-refractivity contribution in [3.8, 4) is 77.9 Å². The molecule has 0 fully saturated rings. The number of nitrogens with two attached hydrogens (primary N) is 9. The van der Waals surface area contributed by atoms with Gasteiger partial charge in [0.2, 0.25) is 0 Å². The van der Waals surface area contributed by atoms with Crippen LogP contribution in [0.25, 0.3) is 43.4 Å². The Balaban J connectivity index is 1.24. The van der Waals surface area contributed by atoms with Gasteiger partial charge in [-0.2, -0.15) is 0 Å². The molecular formula is C53H69N17O6S2. The van der Waals surface area contributed by atoms with Crippen molar-refractivity contribution in [1.29, 1.82) is 10.8 Å². The van der Waals surface area contributed by atoms with Gasteiger partial charge in [-0.1, -0.05) is 36.4 Å². The molecule has 20 N–H and O–H groups in total. The molecule has 25 heteroatoms. The minimum Gasteiger partial charge on any atom is -0.491 e. The maximum Gasteiger partial charge on any atom is 0.186 e. The van der Waals surface area contributed by atoms with E-state index < -0.39 is 0 Å². The third-order valence-electron chi connectivity index (χ3n) is 11.0. The first kappa shape index (κ1) is 58.4. The maximum atomic E-state index is 7.68. The summed E-state index contributed by atoms with van der Waals surface area (Å²) in [6.45, 7) is 4.22. The number of para-hydroxylation sites is 2. The monoisotopic (exact) mass is 1100 g/mol. The number of guanidine groups is 3. The summed E-state index contributed by atoms with van der Waals surface area (Å²) in [6, 6.07) is 23.0. The predicted octanol–water partition coefficient (Wildman–Crippen LogP) is 4.96. The minimum absolute atomic E-state index is 0.0315. The van der Waals surface area contributed by atoms with Crippen LogP contribution >= 0.6 is 22.7 Å². The summed E-state index contributed by atoms with van der Waals surface area (Å²) in [5.74, 6) is 3.57. The van der Waals surface area contributed by atoms with Crippen LogP contribution in [0, 0.1) is 10.8 Å². The molecule has 0 aliphatic carbocycles. The van der Waals surface area contributed by atoms with Crippen molar-refractivity contribution < 1.29 is 28.4 Å². The number of nitrogens with one attached hydrogen (secondary N) is 2. The van der Waals surface area contributed by atoms with E-state index in [2.05, 4.69) is 30.7 Å². The van der Waals surface area contributed by atoms with Crippen LogP contribution < -0.4 is 80.0 Å². The van der Waals surface area contributed by atoms with Crippen LogP contribution in [-0.2, 0) is 12.8 Å². The van der Waals surface area contributed by atoms with E-state index in [1.807, 2.05) is 66.7 Å². The average Bonchev–Trinajstić information content (AvgIpc) is 4.18. The molecule has 0 radical (unpaired) electrons. The molecule has 0 aliphatic heterocycles. The number of hydrogen-bond donors (Lipinski definition) is 11. The molecule has 6 rings (SSSR count). The SMILES string of the molecule is CC(N)=NCCOc1cc(-c2nc(CCc3csc(-c4ccc(-c5cccc(OCCN=C(N)N)c5OCCCC(=N)N)c(OCCN=C(N)N)c4)n3)cs2)ccc1-c1cccc(OCCN=C(N)N)c1OCCCC(=N)N. The quantitative estimate of drug-likeness (QED) is 0.0147. The molecule has 0 amide bonds. The van der Waals surface area contributed by atoms with Crippen molar-refractivity contribution in [2.75, 3.05) is 65.8 Å². The van der Waals surface area contributed by atoms with Crippen LogP contribution in [0.2, 0.25) is 0 Å². The molecule has 0 spiro atoms. The zero-order valence-electron chi connectivity index (χ0n) is 43.5. The third kappa shape index (κ3) is 18.5. The van der Waals surface area contributed by atoms with Gasteiger partial charge >= 0.3 is 0 Å². The lowest BCUT2D eigenvalue weighted by atomic mass is 10.0. The Morgan fingerprint density at radius 1 is 0.462 bits per heavy atom. The molecule has 0 saturated heterocycles. The lowest BCUT2D eigenvalue weighted by molar-refractivity contribution is 0.272. The van der Waals surface area contributed by atoms with E-state index in [0.717, 1.165) is 49.2 Å². The van der Waals surface area contributed by atoms with E-state index in [9.17, 15) is 0 Å². The molecule has 414 valence electrons. The molecular weight excluding hydrogens is 1030 g/mol. The molecule has 0 aliphatic rings. The maximum absolute atomic E-state index is 7.68. The van der Waals surface area contributed by atoms with Gasteiger partial charge in [0.05, 0.1) is 68.3 Å². The zero-order chi connectivity index (χ0) is 55.8. The van der Waals surface area contributed by atoms with Gasteiger partial charge in [0.1, 0.15) is 47.9 Å². The smallest absolute Gasteiger partial charge is 0.186 e. The summed E-state index contributed by atoms with van der Waals surface area (Å²) in [5, 5.41) is 21.1. The molecule has 2 aromatic heterocycles. The Kier molecular flexibility index (Phi) is 22.5. The van der Waals surface area contributed by atoms with E-state index in [-0.39, 0.29) is 88.8 Å². The van der Waals surface area contributed by atoms with E-state index >= 15 is 0 Å². The van der Waals surface area contributed by atoms with Crippen molar-refractivity contribution in [1.82, 2.24) is 9.97 Å². The molecule has 0 atom stereocenters. The fourth-order valence-electron chi connectivity index (χ4n) is 7.58. The molecule has 0 saturated carbocycles. The van der Waals surface area contributed by atoms with Gasteiger partial charge in [-0.3, -0.25) is 30.8 Å². The highest BCUT2D eigenvalue weighted by molar-refractivity contribution is 7.13. The topological polar surface area (TPSA) is 412 Å². The molecule has 0 bridgehead atoms. The number of aryl methyl sites for hydroxylation is 2. The summed E-state index contributed by atoms with van der Waals surface area (Å²) in [5.41, 5.74) is 57.0. The molecule has 2 heterocycles. The average molecular weight is 1100 g/mol. The van der Waals surface area contributed by atoms with Crippen LogP contribution in [0.4, 0.5) is 0 Å². The fraction of sp³-hybridized carbons (Fsp3) is 0.321. The van der Waals surface area contributed by atoms with E-state index in [4.69, 9.17) is 101 Å². The first-order valence-corrected chi connectivity index (χ1v) is 26.7. The number of amidine groups is 3. The van der Waals surface area contributed by atoms with Crippen LogP contribution in [0.5, 0.6) is 34.5 Å². The van der Waals surface area contributed by atoms with Crippen molar-refractivity contribution in [2.45, 2.75) is 45.4 Å². The second kappa shape index (κ2) is 30.0. The standard InChI is InChI=1S/C53H69N17O6S2/c1-32(54)65-18-24-73-43-28-33(12-16-37(43)39-6-2-8-41(71-25-19-66-51(59)60)47(39)75-22-4-10-45(55)56)49-69-35(30-77-49)14-15-36-31-78-50(70-36)34-13-17-38(44(29-34)74-27-21-68-53(63)64)40-7-3-9-42(72-26-20-67-52(61)62)48(40)76-23-5-11-46(57)58/h2-3,6-9,12-13,16-17,28-31H,4-5,10-11,14-15,18-27H2,1H3,(H2,54,65)(H3,55,56)(H3,57,58)(H4,59,60,66)(H4,61,62,67)(H4,63,64,68). The number of hydrogen-bond acceptors (Lipinski definition) is 16. The zero-order valence-corrected chi connectivity index (χ0v) is 45.2. The summed E-state index contributed by atoms with van der Waals surface area (Å²) < 4.78 is 37.7. The number of ether oxygens (including phenoxy) is 6. The van der Waals surface area contributed by atoms with Crippen LogP contribution in [0.3, 0.4) is 0 Å². The third-order valence-corrected chi connectivity index (χ3v) is 12.9. The molecule has 23 nitrogen and oxygen atoms in total. The first-order chi connectivity index (χ1) is 37.6. The number of aromatic nitrogens is 2. The van der Waals surface area contributed by atoms with Crippen molar-refractivity contribution >= 4 is 58.1 Å². The van der Waals surface area contributed by atoms with Gasteiger partial charge in [0.15, 0.2) is 40.9 Å². The minimum atomic E-state index is -0.0412. The van der Waals surface area contributed by atoms with Crippen molar-refractivity contribution in [3.05, 3.63) is 94.9 Å². The summed E-state index contributed by atoms with van der Waals surface area (Å²) in [6.07, 6.45) is 3.10. The lowest BCUT2D eigenvalue weighted by Gasteiger charge is -2.19. The molecule has 0 unspecified atom stereocenters. The second-order valence-corrected chi connectivity index (χ2v) is 19.0. The predicted molar refractivity (Wildman–Crippen MR) is 313 cm³/mol. The summed E-state index contributed by atoms with van der Waals surface area (Å²) >= 11 is 3.07. The van der Waals surface area contributed by atoms with Gasteiger partial charge in [0.25, 0.3) is 0 Å². The van der Waals surface area contributed by atoms with Crippen molar-refractivity contribution in [2.24, 2.45) is 71.6 Å². The number of nitrogens with zero attached hydrogens (tertiary/aromatic N) is 6. The summed E-state index contributed by atoms with van der Waals surface area (Å²) in [4.78, 5) is 26.6. The normalized spacial score (nSPS) is 11.1. The van der Waals surface area contributed by atoms with Gasteiger partial charge in [-0.25, -0.2) is 9.97 Å². The van der Waals surface area contributed by atoms with E-state index in [0.29, 0.717) is 91.0 Å². The molecule has 4 aromatic carbocycles. The van der Waals surface area contributed by atoms with Crippen molar-refractivity contribution in [3.63, 3.8) is 0 Å². The number of benzene rings is 4. The number of rotatable bonds is 33. The fourth-order valence-corrected chi connectivity index (χ4v) is 9.29. The van der Waals surface area contributed by atoms with Crippen LogP contribution in [0.1, 0.15) is 44.0 Å². The number of thiazole rings is 2. The van der Waals surface area contributed by atoms with E-state index in [1.165, 1.54) is 22.7 Å². The van der Waals surface area contributed by atoms with E-state index in [1.54, 1.807) is 13.0 Å². The molecule has 6 aromatic rings. The van der Waals surface area contributed by atoms with Gasteiger partial charge in [-0.05, 0) is 69.0 Å². The lowest BCUT2D eigenvalue weighted by Crippen LogP contribution is -2.23. The Morgan fingerprint density at radius 3 is 1.22 bits per heavy atom. The Hall–Kier alpha value is -8.84. The first-order valence-electron chi connectivity index (χ1n) is 24.9. The van der Waals surface area contributed by atoms with Gasteiger partial charge < -0.3 is 80.0 Å². The van der Waals surface area contributed by atoms with Crippen LogP contribution in [0.15, 0.2) is 104 Å². The van der Waals surface area contributed by atoms with Gasteiger partial charge in [0, 0.05) is 57.0 Å². The largest absolute Gasteiger partial charge is 0.491 e. The highest BCUT2D eigenvalue weighted by Gasteiger charge is 2.21. The number of aliphatic imine (C=N–C) groups is 4. The highest BCUT2D eigenvalue weighted by atomic mass is 32.1. The molecule has 78 heavy (non-hydrogen) atoms. The van der Waals surface area contributed by atoms with Gasteiger partial charge in [-0.15, -0.1) is 22.7 Å². The Morgan fingerprint density at radius 2 is 0.846 bits per heavy atom. The Labute approximate surface area is 461 Å². The Bertz CT molecular complexity index is 2870. The summed E-state index contributed by atoms with van der Waals surface area (Å²) in [7, 11) is 0. The highest BCUT2D eigenvalue weighted by Crippen LogP contribution is 2.45. The van der Waals surface area contributed by atoms with Crippen LogP contribution in [-0.4, -0.2) is 111 Å².